The van der Waals surface area contributed by atoms with Crippen molar-refractivity contribution in [2.24, 2.45) is 11.3 Å². The Labute approximate surface area is 68.8 Å². The maximum Gasteiger partial charge on any atom is 0.224 e. The van der Waals surface area contributed by atoms with Gasteiger partial charge in [-0.2, -0.15) is 9.78 Å². The molecule has 0 aromatic rings. The van der Waals surface area contributed by atoms with Crippen molar-refractivity contribution in [3.05, 3.63) is 0 Å². The molecule has 0 aromatic heterocycles. The van der Waals surface area contributed by atoms with Crippen LogP contribution in [0.1, 0.15) is 40.5 Å². The lowest BCUT2D eigenvalue weighted by Gasteiger charge is -2.21. The first kappa shape index (κ1) is 9.01. The molecule has 1 fully saturated rings. The van der Waals surface area contributed by atoms with Gasteiger partial charge in [-0.25, -0.2) is 0 Å². The summed E-state index contributed by atoms with van der Waals surface area (Å²) in [7, 11) is 0. The highest BCUT2D eigenvalue weighted by Gasteiger charge is 2.29. The van der Waals surface area contributed by atoms with Crippen molar-refractivity contribution in [2.45, 2.75) is 46.8 Å². The minimum atomic E-state index is 0.104. The molecule has 2 heteroatoms. The van der Waals surface area contributed by atoms with E-state index in [2.05, 4.69) is 27.7 Å². The second-order valence-electron chi connectivity index (χ2n) is 4.73. The standard InChI is InChI=1S/C9H18O2/c1-7(5-8-10-11-8)6-9(2,3)4/h7-8H,5-6H2,1-4H3. The summed E-state index contributed by atoms with van der Waals surface area (Å²) < 4.78 is 0. The molecule has 0 spiro atoms. The Morgan fingerprint density at radius 2 is 1.82 bits per heavy atom. The first-order valence-electron chi connectivity index (χ1n) is 4.29. The van der Waals surface area contributed by atoms with E-state index in [1.54, 1.807) is 0 Å². The molecular weight excluding hydrogens is 140 g/mol. The zero-order valence-electron chi connectivity index (χ0n) is 7.89. The Morgan fingerprint density at radius 3 is 2.18 bits per heavy atom. The van der Waals surface area contributed by atoms with Gasteiger partial charge in [0.2, 0.25) is 6.29 Å². The lowest BCUT2D eigenvalue weighted by molar-refractivity contribution is 0.0850. The van der Waals surface area contributed by atoms with Crippen LogP contribution < -0.4 is 0 Å². The summed E-state index contributed by atoms with van der Waals surface area (Å²) in [5, 5.41) is 0. The molecule has 0 saturated carbocycles. The van der Waals surface area contributed by atoms with E-state index in [4.69, 9.17) is 9.78 Å². The summed E-state index contributed by atoms with van der Waals surface area (Å²) in [6, 6.07) is 0. The summed E-state index contributed by atoms with van der Waals surface area (Å²) in [6.07, 6.45) is 2.38. The third-order valence-electron chi connectivity index (χ3n) is 1.79. The van der Waals surface area contributed by atoms with Crippen molar-refractivity contribution >= 4 is 0 Å². The zero-order chi connectivity index (χ0) is 8.48. The molecule has 0 N–H and O–H groups in total. The summed E-state index contributed by atoms with van der Waals surface area (Å²) in [4.78, 5) is 9.39. The second kappa shape index (κ2) is 3.11. The third-order valence-corrected chi connectivity index (χ3v) is 1.79. The first-order valence-corrected chi connectivity index (χ1v) is 4.29. The van der Waals surface area contributed by atoms with Crippen LogP contribution >= 0.6 is 0 Å². The fourth-order valence-corrected chi connectivity index (χ4v) is 1.58. The molecule has 11 heavy (non-hydrogen) atoms. The van der Waals surface area contributed by atoms with Gasteiger partial charge in [0, 0.05) is 6.42 Å². The van der Waals surface area contributed by atoms with Crippen LogP contribution in [-0.2, 0) is 9.78 Å². The van der Waals surface area contributed by atoms with Gasteiger partial charge in [0.25, 0.3) is 0 Å². The summed E-state index contributed by atoms with van der Waals surface area (Å²) in [6.45, 7) is 9.03. The van der Waals surface area contributed by atoms with Crippen molar-refractivity contribution in [3.63, 3.8) is 0 Å². The van der Waals surface area contributed by atoms with Crippen LogP contribution in [0.3, 0.4) is 0 Å². The van der Waals surface area contributed by atoms with Gasteiger partial charge in [0.1, 0.15) is 0 Å². The van der Waals surface area contributed by atoms with Gasteiger partial charge in [0.15, 0.2) is 0 Å². The molecule has 0 aliphatic carbocycles. The van der Waals surface area contributed by atoms with Gasteiger partial charge < -0.3 is 0 Å². The molecule has 1 heterocycles. The van der Waals surface area contributed by atoms with Crippen molar-refractivity contribution in [1.82, 2.24) is 0 Å². The van der Waals surface area contributed by atoms with Crippen LogP contribution in [-0.4, -0.2) is 6.29 Å². The second-order valence-corrected chi connectivity index (χ2v) is 4.73. The highest BCUT2D eigenvalue weighted by atomic mass is 17.4. The van der Waals surface area contributed by atoms with E-state index < -0.39 is 0 Å². The minimum Gasteiger partial charge on any atom is -0.199 e. The van der Waals surface area contributed by atoms with E-state index in [0.717, 1.165) is 6.42 Å². The van der Waals surface area contributed by atoms with Crippen LogP contribution in [0.2, 0.25) is 0 Å². The zero-order valence-corrected chi connectivity index (χ0v) is 7.89. The Bertz CT molecular complexity index is 122. The first-order chi connectivity index (χ1) is 4.97. The smallest absolute Gasteiger partial charge is 0.199 e. The van der Waals surface area contributed by atoms with Crippen molar-refractivity contribution < 1.29 is 9.78 Å². The number of hydrogen-bond donors (Lipinski definition) is 0. The van der Waals surface area contributed by atoms with Crippen molar-refractivity contribution in [1.29, 1.82) is 0 Å². The molecular formula is C9H18O2. The maximum absolute atomic E-state index is 4.69. The third kappa shape index (κ3) is 4.38. The number of hydrogen-bond acceptors (Lipinski definition) is 2. The molecule has 1 aliphatic rings. The molecule has 1 aliphatic heterocycles. The quantitative estimate of drug-likeness (QED) is 0.466. The van der Waals surface area contributed by atoms with Crippen LogP contribution in [0, 0.1) is 11.3 Å². The van der Waals surface area contributed by atoms with Crippen LogP contribution in [0.4, 0.5) is 0 Å². The average Bonchev–Trinajstić information content (AvgIpc) is 2.42. The molecule has 2 nitrogen and oxygen atoms in total. The monoisotopic (exact) mass is 158 g/mol. The molecule has 1 saturated heterocycles. The lowest BCUT2D eigenvalue weighted by atomic mass is 9.84. The average molecular weight is 158 g/mol. The predicted octanol–water partition coefficient (Wildman–Crippen LogP) is 2.74. The highest BCUT2D eigenvalue weighted by Crippen LogP contribution is 2.30. The van der Waals surface area contributed by atoms with Crippen LogP contribution in [0.15, 0.2) is 0 Å². The highest BCUT2D eigenvalue weighted by molar-refractivity contribution is 4.68. The largest absolute Gasteiger partial charge is 0.224 e. The van der Waals surface area contributed by atoms with Crippen molar-refractivity contribution in [3.8, 4) is 0 Å². The van der Waals surface area contributed by atoms with Gasteiger partial charge in [-0.1, -0.05) is 27.7 Å². The fourth-order valence-electron chi connectivity index (χ4n) is 1.58. The summed E-state index contributed by atoms with van der Waals surface area (Å²) in [5.41, 5.74) is 0.425. The van der Waals surface area contributed by atoms with E-state index >= 15 is 0 Å². The van der Waals surface area contributed by atoms with Gasteiger partial charge in [0.05, 0.1) is 0 Å². The van der Waals surface area contributed by atoms with E-state index in [1.165, 1.54) is 6.42 Å². The summed E-state index contributed by atoms with van der Waals surface area (Å²) in [5.74, 6) is 0.697. The van der Waals surface area contributed by atoms with E-state index in [1.807, 2.05) is 0 Å². The van der Waals surface area contributed by atoms with E-state index in [-0.39, 0.29) is 6.29 Å². The molecule has 0 aromatic carbocycles. The molecule has 66 valence electrons. The van der Waals surface area contributed by atoms with E-state index in [9.17, 15) is 0 Å². The molecule has 0 amide bonds. The van der Waals surface area contributed by atoms with Gasteiger partial charge in [-0.05, 0) is 17.8 Å². The van der Waals surface area contributed by atoms with Gasteiger partial charge in [-0.15, -0.1) is 0 Å². The fraction of sp³-hybridized carbons (Fsp3) is 1.00. The molecule has 0 radical (unpaired) electrons. The SMILES string of the molecule is CC(CC1OO1)CC(C)(C)C. The maximum atomic E-state index is 4.69. The molecule has 1 unspecified atom stereocenters. The minimum absolute atomic E-state index is 0.104. The van der Waals surface area contributed by atoms with E-state index in [0.29, 0.717) is 11.3 Å². The van der Waals surface area contributed by atoms with Gasteiger partial charge >= 0.3 is 0 Å². The Balaban J connectivity index is 2.13. The Hall–Kier alpha value is -0.0800. The molecule has 0 bridgehead atoms. The normalized spacial score (nSPS) is 21.8. The Morgan fingerprint density at radius 1 is 1.27 bits per heavy atom. The van der Waals surface area contributed by atoms with Crippen LogP contribution in [0.25, 0.3) is 0 Å². The summed E-state index contributed by atoms with van der Waals surface area (Å²) >= 11 is 0. The molecule has 1 atom stereocenters. The van der Waals surface area contributed by atoms with Crippen LogP contribution in [0.5, 0.6) is 0 Å². The number of rotatable bonds is 3. The van der Waals surface area contributed by atoms with Gasteiger partial charge in [-0.3, -0.25) is 0 Å². The lowest BCUT2D eigenvalue weighted by Crippen LogP contribution is -2.12. The molecule has 1 rings (SSSR count). The topological polar surface area (TPSA) is 25.1 Å². The van der Waals surface area contributed by atoms with Crippen molar-refractivity contribution in [2.75, 3.05) is 0 Å². The Kier molecular flexibility index (Phi) is 2.55. The predicted molar refractivity (Wildman–Crippen MR) is 43.8 cm³/mol.